The number of nitrogens with one attached hydrogen (secondary N) is 2. The zero-order chi connectivity index (χ0) is 14.5. The van der Waals surface area contributed by atoms with Crippen molar-refractivity contribution < 1.29 is 14.3 Å². The third-order valence-electron chi connectivity index (χ3n) is 4.00. The fraction of sp³-hybridized carbons (Fsp3) is 0.562. The van der Waals surface area contributed by atoms with Crippen molar-refractivity contribution in [1.29, 1.82) is 0 Å². The van der Waals surface area contributed by atoms with Crippen LogP contribution >= 0.6 is 0 Å². The summed E-state index contributed by atoms with van der Waals surface area (Å²) in [7, 11) is 0. The van der Waals surface area contributed by atoms with Crippen molar-refractivity contribution >= 4 is 5.91 Å². The van der Waals surface area contributed by atoms with E-state index >= 15 is 0 Å². The highest BCUT2D eigenvalue weighted by molar-refractivity contribution is 5.76. The van der Waals surface area contributed by atoms with E-state index in [-0.39, 0.29) is 11.9 Å². The van der Waals surface area contributed by atoms with Crippen LogP contribution in [0.2, 0.25) is 0 Å². The Morgan fingerprint density at radius 2 is 2.14 bits per heavy atom. The van der Waals surface area contributed by atoms with Gasteiger partial charge in [-0.1, -0.05) is 18.2 Å². The van der Waals surface area contributed by atoms with Gasteiger partial charge < -0.3 is 20.1 Å². The van der Waals surface area contributed by atoms with Gasteiger partial charge in [-0.25, -0.2) is 0 Å². The maximum Gasteiger partial charge on any atom is 0.222 e. The first-order valence-corrected chi connectivity index (χ1v) is 7.66. The normalized spacial score (nSPS) is 21.6. The minimum absolute atomic E-state index is 0.0224. The van der Waals surface area contributed by atoms with E-state index < -0.39 is 0 Å². The van der Waals surface area contributed by atoms with Crippen LogP contribution in [0.5, 0.6) is 5.75 Å². The second kappa shape index (κ2) is 6.91. The number of hydrogen-bond acceptors (Lipinski definition) is 4. The van der Waals surface area contributed by atoms with Crippen LogP contribution in [0.15, 0.2) is 24.3 Å². The Morgan fingerprint density at radius 1 is 1.33 bits per heavy atom. The number of fused-ring (bicyclic) bond motifs is 1. The summed E-state index contributed by atoms with van der Waals surface area (Å²) in [6.07, 6.45) is 2.77. The van der Waals surface area contributed by atoms with Crippen LogP contribution in [0.4, 0.5) is 0 Å². The number of hydrogen-bond donors (Lipinski definition) is 2. The number of piperidine rings is 1. The van der Waals surface area contributed by atoms with E-state index in [0.29, 0.717) is 25.7 Å². The van der Waals surface area contributed by atoms with Crippen molar-refractivity contribution in [1.82, 2.24) is 10.6 Å². The van der Waals surface area contributed by atoms with Crippen molar-refractivity contribution in [2.24, 2.45) is 0 Å². The molecule has 1 atom stereocenters. The van der Waals surface area contributed by atoms with Crippen LogP contribution in [0.25, 0.3) is 0 Å². The van der Waals surface area contributed by atoms with Crippen LogP contribution < -0.4 is 15.4 Å². The molecule has 5 nitrogen and oxygen atoms in total. The summed E-state index contributed by atoms with van der Waals surface area (Å²) in [5, 5.41) is 6.31. The molecule has 1 amide bonds. The average Bonchev–Trinajstić information content (AvgIpc) is 2.92. The molecule has 0 radical (unpaired) electrons. The van der Waals surface area contributed by atoms with Gasteiger partial charge in [-0.15, -0.1) is 0 Å². The van der Waals surface area contributed by atoms with Crippen molar-refractivity contribution in [2.45, 2.75) is 31.4 Å². The van der Waals surface area contributed by atoms with Gasteiger partial charge in [-0.05, 0) is 32.0 Å². The van der Waals surface area contributed by atoms with Gasteiger partial charge >= 0.3 is 0 Å². The molecular weight excluding hydrogens is 268 g/mol. The van der Waals surface area contributed by atoms with Crippen LogP contribution in [0.1, 0.15) is 30.9 Å². The molecule has 1 aromatic rings. The van der Waals surface area contributed by atoms with Crippen LogP contribution in [0, 0.1) is 0 Å². The van der Waals surface area contributed by atoms with Crippen LogP contribution in [-0.4, -0.2) is 38.3 Å². The number of amides is 1. The van der Waals surface area contributed by atoms with E-state index in [1.54, 1.807) is 0 Å². The molecule has 5 heteroatoms. The Morgan fingerprint density at radius 3 is 3.00 bits per heavy atom. The molecule has 3 rings (SSSR count). The number of carbonyl (C=O) groups excluding carboxylic acids is 1. The lowest BCUT2D eigenvalue weighted by molar-refractivity contribution is -0.123. The lowest BCUT2D eigenvalue weighted by atomic mass is 10.1. The Bertz CT molecular complexity index is 486. The highest BCUT2D eigenvalue weighted by Gasteiger charge is 2.24. The second-order valence-corrected chi connectivity index (χ2v) is 5.54. The maximum atomic E-state index is 12.0. The molecule has 21 heavy (non-hydrogen) atoms. The molecule has 1 unspecified atom stereocenters. The fourth-order valence-electron chi connectivity index (χ4n) is 2.83. The van der Waals surface area contributed by atoms with Gasteiger partial charge in [0.15, 0.2) is 0 Å². The largest absolute Gasteiger partial charge is 0.491 e. The summed E-state index contributed by atoms with van der Waals surface area (Å²) in [6.45, 7) is 3.02. The van der Waals surface area contributed by atoms with Gasteiger partial charge in [0, 0.05) is 12.0 Å². The van der Waals surface area contributed by atoms with E-state index in [4.69, 9.17) is 9.47 Å². The van der Waals surface area contributed by atoms with Crippen molar-refractivity contribution in [3.63, 3.8) is 0 Å². The summed E-state index contributed by atoms with van der Waals surface area (Å²) in [6, 6.07) is 7.80. The molecule has 0 aromatic heterocycles. The molecule has 114 valence electrons. The smallest absolute Gasteiger partial charge is 0.222 e. The first kappa shape index (κ1) is 14.4. The minimum atomic E-state index is -0.0346. The third-order valence-corrected chi connectivity index (χ3v) is 4.00. The molecule has 2 aliphatic heterocycles. The van der Waals surface area contributed by atoms with Crippen LogP contribution in [0.3, 0.4) is 0 Å². The summed E-state index contributed by atoms with van der Waals surface area (Å²) in [5.41, 5.74) is 1.06. The lowest BCUT2D eigenvalue weighted by Crippen LogP contribution is -2.34. The summed E-state index contributed by atoms with van der Waals surface area (Å²) in [4.78, 5) is 12.0. The molecule has 0 saturated carbocycles. The molecule has 1 fully saturated rings. The number of para-hydroxylation sites is 1. The third kappa shape index (κ3) is 3.74. The quantitative estimate of drug-likeness (QED) is 0.860. The van der Waals surface area contributed by atoms with E-state index in [0.717, 1.165) is 37.2 Å². The summed E-state index contributed by atoms with van der Waals surface area (Å²) >= 11 is 0. The molecule has 2 heterocycles. The number of ether oxygens (including phenoxy) is 2. The van der Waals surface area contributed by atoms with E-state index in [9.17, 15) is 4.79 Å². The highest BCUT2D eigenvalue weighted by atomic mass is 16.5. The summed E-state index contributed by atoms with van der Waals surface area (Å²) in [5.74, 6) is 0.892. The number of carbonyl (C=O) groups is 1. The predicted molar refractivity (Wildman–Crippen MR) is 79.3 cm³/mol. The fourth-order valence-corrected chi connectivity index (χ4v) is 2.83. The molecule has 0 aliphatic carbocycles. The Kier molecular flexibility index (Phi) is 4.72. The SMILES string of the molecule is O=C(CCOC1CCNCC1)NC1COc2ccccc21. The van der Waals surface area contributed by atoms with Gasteiger partial charge in [0.2, 0.25) is 5.91 Å². The lowest BCUT2D eigenvalue weighted by Gasteiger charge is -2.22. The molecular formula is C16H22N2O3. The molecule has 2 aliphatic rings. The maximum absolute atomic E-state index is 12.0. The van der Waals surface area contributed by atoms with Gasteiger partial charge in [-0.2, -0.15) is 0 Å². The van der Waals surface area contributed by atoms with Gasteiger partial charge in [0.25, 0.3) is 0 Å². The topological polar surface area (TPSA) is 59.6 Å². The van der Waals surface area contributed by atoms with Crippen molar-refractivity contribution in [3.8, 4) is 5.75 Å². The summed E-state index contributed by atoms with van der Waals surface area (Å²) < 4.78 is 11.3. The van der Waals surface area contributed by atoms with Gasteiger partial charge in [0.1, 0.15) is 12.4 Å². The monoisotopic (exact) mass is 290 g/mol. The zero-order valence-corrected chi connectivity index (χ0v) is 12.1. The van der Waals surface area contributed by atoms with Crippen molar-refractivity contribution in [3.05, 3.63) is 29.8 Å². The van der Waals surface area contributed by atoms with Gasteiger partial charge in [-0.3, -0.25) is 4.79 Å². The van der Waals surface area contributed by atoms with E-state index in [1.165, 1.54) is 0 Å². The number of benzene rings is 1. The Balaban J connectivity index is 1.40. The first-order chi connectivity index (χ1) is 10.3. The van der Waals surface area contributed by atoms with E-state index in [1.807, 2.05) is 24.3 Å². The molecule has 0 spiro atoms. The standard InChI is InChI=1S/C16H22N2O3/c19-16(7-10-20-12-5-8-17-9-6-12)18-14-11-21-15-4-2-1-3-13(14)15/h1-4,12,14,17H,5-11H2,(H,18,19). The molecule has 2 N–H and O–H groups in total. The average molecular weight is 290 g/mol. The number of rotatable bonds is 5. The zero-order valence-electron chi connectivity index (χ0n) is 12.1. The Hall–Kier alpha value is -1.59. The van der Waals surface area contributed by atoms with Crippen molar-refractivity contribution in [2.75, 3.05) is 26.3 Å². The van der Waals surface area contributed by atoms with E-state index in [2.05, 4.69) is 10.6 Å². The Labute approximate surface area is 125 Å². The second-order valence-electron chi connectivity index (χ2n) is 5.54. The predicted octanol–water partition coefficient (Wildman–Crippen LogP) is 1.39. The highest BCUT2D eigenvalue weighted by Crippen LogP contribution is 2.31. The van der Waals surface area contributed by atoms with Crippen LogP contribution in [-0.2, 0) is 9.53 Å². The van der Waals surface area contributed by atoms with Gasteiger partial charge in [0.05, 0.1) is 18.8 Å². The minimum Gasteiger partial charge on any atom is -0.491 e. The molecule has 1 aromatic carbocycles. The first-order valence-electron chi connectivity index (χ1n) is 7.66. The molecule has 0 bridgehead atoms. The molecule has 1 saturated heterocycles.